The van der Waals surface area contributed by atoms with Crippen molar-refractivity contribution in [3.05, 3.63) is 59.7 Å². The number of nitrogens with two attached hydrogens (primary N) is 1. The van der Waals surface area contributed by atoms with Gasteiger partial charge in [-0.05, 0) is 55.8 Å². The first kappa shape index (κ1) is 19.0. The Hall–Kier alpha value is -2.80. The molecule has 1 aliphatic rings. The van der Waals surface area contributed by atoms with Gasteiger partial charge in [-0.3, -0.25) is 9.59 Å². The van der Waals surface area contributed by atoms with Gasteiger partial charge in [0.15, 0.2) is 18.2 Å². The van der Waals surface area contributed by atoms with E-state index in [0.717, 1.165) is 30.8 Å². The minimum Gasteiger partial charge on any atom is -0.333 e. The lowest BCUT2D eigenvalue weighted by Crippen LogP contribution is -2.86. The second kappa shape index (κ2) is 8.26. The molecule has 27 heavy (non-hydrogen) atoms. The van der Waals surface area contributed by atoms with Crippen LogP contribution in [0.5, 0.6) is 0 Å². The van der Waals surface area contributed by atoms with Crippen molar-refractivity contribution in [3.63, 3.8) is 0 Å². The second-order valence-corrected chi connectivity index (χ2v) is 6.65. The Kier molecular flexibility index (Phi) is 5.81. The summed E-state index contributed by atoms with van der Waals surface area (Å²) in [4.78, 5) is 25.6. The topological polar surface area (TPSA) is 66.0 Å². The highest BCUT2D eigenvalue weighted by molar-refractivity contribution is 5.96. The number of rotatable bonds is 6. The number of hydrogen-bond donors (Lipinski definition) is 2. The van der Waals surface area contributed by atoms with Crippen LogP contribution >= 0.6 is 0 Å². The molecular formula is C20H22F2N3O2+. The van der Waals surface area contributed by atoms with Gasteiger partial charge in [-0.1, -0.05) is 0 Å². The van der Waals surface area contributed by atoms with Crippen molar-refractivity contribution in [3.8, 4) is 0 Å². The molecule has 1 heterocycles. The molecule has 7 heteroatoms. The van der Waals surface area contributed by atoms with Gasteiger partial charge in [0.1, 0.15) is 6.04 Å². The molecule has 3 N–H and O–H groups in total. The van der Waals surface area contributed by atoms with Crippen LogP contribution in [0.3, 0.4) is 0 Å². The minimum absolute atomic E-state index is 0.118. The third-order valence-electron chi connectivity index (χ3n) is 4.66. The fourth-order valence-electron chi connectivity index (χ4n) is 3.07. The average Bonchev–Trinajstić information content (AvgIpc) is 3.08. The highest BCUT2D eigenvalue weighted by Crippen LogP contribution is 2.23. The number of quaternary nitrogens is 1. The molecule has 1 atom stereocenters. The Labute approximate surface area is 156 Å². The van der Waals surface area contributed by atoms with E-state index in [9.17, 15) is 18.4 Å². The quantitative estimate of drug-likeness (QED) is 0.815. The highest BCUT2D eigenvalue weighted by Gasteiger charge is 2.21. The van der Waals surface area contributed by atoms with Gasteiger partial charge in [0.25, 0.3) is 5.91 Å². The average molecular weight is 374 g/mol. The van der Waals surface area contributed by atoms with E-state index < -0.39 is 11.6 Å². The summed E-state index contributed by atoms with van der Waals surface area (Å²) < 4.78 is 26.3. The van der Waals surface area contributed by atoms with Gasteiger partial charge in [-0.25, -0.2) is 8.78 Å². The fourth-order valence-corrected chi connectivity index (χ4v) is 3.07. The van der Waals surface area contributed by atoms with E-state index in [1.54, 1.807) is 22.3 Å². The van der Waals surface area contributed by atoms with Crippen LogP contribution in [0.2, 0.25) is 0 Å². The number of carbonyl (C=O) groups is 2. The van der Waals surface area contributed by atoms with Crippen molar-refractivity contribution in [1.82, 2.24) is 0 Å². The second-order valence-electron chi connectivity index (χ2n) is 6.65. The number of benzene rings is 2. The summed E-state index contributed by atoms with van der Waals surface area (Å²) >= 11 is 0. The number of hydrogen-bond acceptors (Lipinski definition) is 2. The zero-order valence-electron chi connectivity index (χ0n) is 15.0. The molecule has 0 unspecified atom stereocenters. The molecule has 0 aromatic heterocycles. The van der Waals surface area contributed by atoms with Gasteiger partial charge in [-0.15, -0.1) is 0 Å². The van der Waals surface area contributed by atoms with Crippen molar-refractivity contribution >= 4 is 23.2 Å². The number of amides is 2. The Balaban J connectivity index is 1.51. The first-order valence-electron chi connectivity index (χ1n) is 8.92. The lowest BCUT2D eigenvalue weighted by molar-refractivity contribution is -0.682. The van der Waals surface area contributed by atoms with Crippen molar-refractivity contribution in [2.75, 3.05) is 23.3 Å². The molecule has 0 aliphatic carbocycles. The monoisotopic (exact) mass is 374 g/mol. The van der Waals surface area contributed by atoms with Crippen LogP contribution < -0.4 is 15.5 Å². The molecule has 2 aromatic rings. The minimum atomic E-state index is -0.895. The molecule has 5 nitrogen and oxygen atoms in total. The molecule has 2 aromatic carbocycles. The number of nitrogens with zero attached hydrogens (tertiary/aromatic N) is 1. The smallest absolute Gasteiger partial charge is 0.279 e. The van der Waals surface area contributed by atoms with Crippen LogP contribution in [0.4, 0.5) is 20.2 Å². The molecule has 0 spiro atoms. The SMILES string of the molecule is C[C@@H]([NH2+]CC(=O)Nc1ccc(N2CCCC2=O)cc1)c1ccc(F)c(F)c1. The Morgan fingerprint density at radius 1 is 1.19 bits per heavy atom. The zero-order valence-corrected chi connectivity index (χ0v) is 15.0. The Bertz CT molecular complexity index is 840. The lowest BCUT2D eigenvalue weighted by Gasteiger charge is -2.16. The van der Waals surface area contributed by atoms with Crippen LogP contribution in [-0.4, -0.2) is 24.9 Å². The van der Waals surface area contributed by atoms with Gasteiger partial charge >= 0.3 is 0 Å². The molecular weight excluding hydrogens is 352 g/mol. The molecule has 1 saturated heterocycles. The molecule has 0 saturated carbocycles. The van der Waals surface area contributed by atoms with Crippen molar-refractivity contribution in [2.45, 2.75) is 25.8 Å². The molecule has 142 valence electrons. The van der Waals surface area contributed by atoms with E-state index in [4.69, 9.17) is 0 Å². The van der Waals surface area contributed by atoms with E-state index in [0.29, 0.717) is 17.7 Å². The summed E-state index contributed by atoms with van der Waals surface area (Å²) in [7, 11) is 0. The zero-order chi connectivity index (χ0) is 19.4. The van der Waals surface area contributed by atoms with Crippen molar-refractivity contribution in [2.24, 2.45) is 0 Å². The van der Waals surface area contributed by atoms with Crippen molar-refractivity contribution < 1.29 is 23.7 Å². The van der Waals surface area contributed by atoms with Gasteiger partial charge < -0.3 is 15.5 Å². The fraction of sp³-hybridized carbons (Fsp3) is 0.300. The summed E-state index contributed by atoms with van der Waals surface area (Å²) in [5.41, 5.74) is 2.08. The molecule has 1 fully saturated rings. The van der Waals surface area contributed by atoms with Gasteiger partial charge in [0.2, 0.25) is 5.91 Å². The van der Waals surface area contributed by atoms with Gasteiger partial charge in [0.05, 0.1) is 0 Å². The van der Waals surface area contributed by atoms with Gasteiger partial charge in [-0.2, -0.15) is 0 Å². The third-order valence-corrected chi connectivity index (χ3v) is 4.66. The summed E-state index contributed by atoms with van der Waals surface area (Å²) in [6, 6.07) is 10.7. The summed E-state index contributed by atoms with van der Waals surface area (Å²) in [5.74, 6) is -1.86. The van der Waals surface area contributed by atoms with E-state index in [1.807, 2.05) is 19.1 Å². The van der Waals surface area contributed by atoms with E-state index in [-0.39, 0.29) is 24.4 Å². The third kappa shape index (κ3) is 4.68. The van der Waals surface area contributed by atoms with Crippen LogP contribution in [0.15, 0.2) is 42.5 Å². The maximum atomic E-state index is 13.3. The number of carbonyl (C=O) groups excluding carboxylic acids is 2. The van der Waals surface area contributed by atoms with Crippen molar-refractivity contribution in [1.29, 1.82) is 0 Å². The predicted octanol–water partition coefficient (Wildman–Crippen LogP) is 2.35. The molecule has 1 aliphatic heterocycles. The number of halogens is 2. The first-order chi connectivity index (χ1) is 12.9. The van der Waals surface area contributed by atoms with Gasteiger partial charge in [0, 0.05) is 29.9 Å². The molecule has 0 bridgehead atoms. The Morgan fingerprint density at radius 2 is 1.93 bits per heavy atom. The largest absolute Gasteiger partial charge is 0.333 e. The summed E-state index contributed by atoms with van der Waals surface area (Å²) in [6.07, 6.45) is 1.44. The van der Waals surface area contributed by atoms with E-state index in [1.165, 1.54) is 6.07 Å². The number of anilines is 2. The van der Waals surface area contributed by atoms with Crippen LogP contribution in [0.25, 0.3) is 0 Å². The van der Waals surface area contributed by atoms with E-state index >= 15 is 0 Å². The molecule has 3 rings (SSSR count). The summed E-state index contributed by atoms with van der Waals surface area (Å²) in [5, 5.41) is 4.54. The maximum absolute atomic E-state index is 13.3. The predicted molar refractivity (Wildman–Crippen MR) is 98.2 cm³/mol. The number of nitrogens with one attached hydrogen (secondary N) is 1. The maximum Gasteiger partial charge on any atom is 0.279 e. The van der Waals surface area contributed by atoms with E-state index in [2.05, 4.69) is 5.32 Å². The standard InChI is InChI=1S/C20H21F2N3O2/c1-13(14-4-9-17(21)18(22)11-14)23-12-19(26)24-15-5-7-16(8-6-15)25-10-2-3-20(25)27/h4-9,11,13,23H,2-3,10,12H2,1H3,(H,24,26)/p+1/t13-/m1/s1. The molecule has 2 amide bonds. The highest BCUT2D eigenvalue weighted by atomic mass is 19.2. The first-order valence-corrected chi connectivity index (χ1v) is 8.92. The summed E-state index contributed by atoms with van der Waals surface area (Å²) in [6.45, 7) is 2.69. The normalized spacial score (nSPS) is 15.1. The molecule has 0 radical (unpaired) electrons. The van der Waals surface area contributed by atoms with Crippen LogP contribution in [0, 0.1) is 11.6 Å². The van der Waals surface area contributed by atoms with Crippen LogP contribution in [-0.2, 0) is 9.59 Å². The van der Waals surface area contributed by atoms with Crippen LogP contribution in [0.1, 0.15) is 31.4 Å². The Morgan fingerprint density at radius 3 is 2.56 bits per heavy atom. The lowest BCUT2D eigenvalue weighted by atomic mass is 10.1.